The van der Waals surface area contributed by atoms with E-state index in [1.807, 2.05) is 50.6 Å². The zero-order valence-electron chi connectivity index (χ0n) is 9.94. The zero-order chi connectivity index (χ0) is 12.3. The monoisotopic (exact) mass is 246 g/mol. The maximum absolute atomic E-state index is 5.90. The Kier molecular flexibility index (Phi) is 3.77. The van der Waals surface area contributed by atoms with Gasteiger partial charge in [-0.05, 0) is 42.8 Å². The highest BCUT2D eigenvalue weighted by Gasteiger charge is 2.11. The van der Waals surface area contributed by atoms with Crippen LogP contribution in [0, 0.1) is 6.92 Å². The van der Waals surface area contributed by atoms with Crippen molar-refractivity contribution >= 4 is 11.6 Å². The quantitative estimate of drug-likeness (QED) is 0.899. The molecule has 0 saturated heterocycles. The maximum Gasteiger partial charge on any atom is 0.0589 e. The summed E-state index contributed by atoms with van der Waals surface area (Å²) in [6.45, 7) is 2.05. The van der Waals surface area contributed by atoms with Crippen molar-refractivity contribution in [2.45, 2.75) is 13.0 Å². The minimum Gasteiger partial charge on any atom is -0.309 e. The molecule has 88 valence electrons. The lowest BCUT2D eigenvalue weighted by Crippen LogP contribution is -2.17. The molecule has 3 heteroatoms. The van der Waals surface area contributed by atoms with Crippen molar-refractivity contribution in [2.75, 3.05) is 7.05 Å². The lowest BCUT2D eigenvalue weighted by molar-refractivity contribution is 0.688. The minimum absolute atomic E-state index is 0.152. The third-order valence-corrected chi connectivity index (χ3v) is 2.97. The number of nitrogens with zero attached hydrogens (tertiary/aromatic N) is 1. The zero-order valence-corrected chi connectivity index (χ0v) is 10.7. The first-order valence-corrected chi connectivity index (χ1v) is 5.93. The Bertz CT molecular complexity index is 494. The summed E-state index contributed by atoms with van der Waals surface area (Å²) in [5.74, 6) is 0. The summed E-state index contributed by atoms with van der Waals surface area (Å²) in [5, 5.41) is 4.05. The Morgan fingerprint density at radius 1 is 1.12 bits per heavy atom. The van der Waals surface area contributed by atoms with Gasteiger partial charge in [-0.3, -0.25) is 4.98 Å². The Balaban J connectivity index is 2.36. The van der Waals surface area contributed by atoms with E-state index in [0.717, 1.165) is 16.1 Å². The van der Waals surface area contributed by atoms with E-state index in [1.165, 1.54) is 5.56 Å². The van der Waals surface area contributed by atoms with Gasteiger partial charge in [0.25, 0.3) is 0 Å². The van der Waals surface area contributed by atoms with Crippen LogP contribution in [0.3, 0.4) is 0 Å². The molecule has 17 heavy (non-hydrogen) atoms. The van der Waals surface area contributed by atoms with E-state index in [1.54, 1.807) is 0 Å². The van der Waals surface area contributed by atoms with E-state index in [9.17, 15) is 0 Å². The largest absolute Gasteiger partial charge is 0.309 e. The van der Waals surface area contributed by atoms with Crippen LogP contribution in [0.4, 0.5) is 0 Å². The SMILES string of the molecule is CNC(c1ccc(Cl)cc1)c1cncc(C)c1. The van der Waals surface area contributed by atoms with E-state index in [2.05, 4.69) is 16.4 Å². The fourth-order valence-corrected chi connectivity index (χ4v) is 2.04. The second-order valence-electron chi connectivity index (χ2n) is 4.07. The maximum atomic E-state index is 5.90. The molecule has 1 aromatic heterocycles. The first kappa shape index (κ1) is 12.1. The van der Waals surface area contributed by atoms with Crippen molar-refractivity contribution in [1.29, 1.82) is 0 Å². The van der Waals surface area contributed by atoms with E-state index in [4.69, 9.17) is 11.6 Å². The van der Waals surface area contributed by atoms with Crippen molar-refractivity contribution < 1.29 is 0 Å². The summed E-state index contributed by atoms with van der Waals surface area (Å²) in [6.07, 6.45) is 3.75. The number of hydrogen-bond donors (Lipinski definition) is 1. The number of aromatic nitrogens is 1. The number of aryl methyl sites for hydroxylation is 1. The van der Waals surface area contributed by atoms with Gasteiger partial charge in [0.1, 0.15) is 0 Å². The summed E-state index contributed by atoms with van der Waals surface area (Å²) in [6, 6.07) is 10.2. The molecule has 1 aromatic carbocycles. The van der Waals surface area contributed by atoms with Crippen molar-refractivity contribution in [3.8, 4) is 0 Å². The molecular formula is C14H15ClN2. The molecule has 0 fully saturated rings. The molecule has 2 rings (SSSR count). The molecule has 1 unspecified atom stereocenters. The van der Waals surface area contributed by atoms with E-state index >= 15 is 0 Å². The summed E-state index contributed by atoms with van der Waals surface area (Å²) in [5.41, 5.74) is 3.51. The summed E-state index contributed by atoms with van der Waals surface area (Å²) in [4.78, 5) is 4.23. The van der Waals surface area contributed by atoms with Crippen LogP contribution in [0.5, 0.6) is 0 Å². The second-order valence-corrected chi connectivity index (χ2v) is 4.51. The molecule has 1 heterocycles. The smallest absolute Gasteiger partial charge is 0.0589 e. The predicted octanol–water partition coefficient (Wildman–Crippen LogP) is 3.35. The van der Waals surface area contributed by atoms with Crippen LogP contribution in [-0.2, 0) is 0 Å². The van der Waals surface area contributed by atoms with Gasteiger partial charge >= 0.3 is 0 Å². The highest BCUT2D eigenvalue weighted by atomic mass is 35.5. The number of benzene rings is 1. The summed E-state index contributed by atoms with van der Waals surface area (Å²) < 4.78 is 0. The number of nitrogens with one attached hydrogen (secondary N) is 1. The van der Waals surface area contributed by atoms with E-state index in [0.29, 0.717) is 0 Å². The van der Waals surface area contributed by atoms with E-state index < -0.39 is 0 Å². The molecule has 0 aliphatic carbocycles. The van der Waals surface area contributed by atoms with Gasteiger partial charge < -0.3 is 5.32 Å². The van der Waals surface area contributed by atoms with Crippen molar-refractivity contribution in [3.63, 3.8) is 0 Å². The molecule has 0 amide bonds. The number of rotatable bonds is 3. The van der Waals surface area contributed by atoms with Gasteiger partial charge in [0, 0.05) is 17.4 Å². The molecule has 2 aromatic rings. The molecule has 2 nitrogen and oxygen atoms in total. The fourth-order valence-electron chi connectivity index (χ4n) is 1.92. The van der Waals surface area contributed by atoms with E-state index in [-0.39, 0.29) is 6.04 Å². The Hall–Kier alpha value is -1.38. The minimum atomic E-state index is 0.152. The van der Waals surface area contributed by atoms with Gasteiger partial charge in [-0.1, -0.05) is 29.8 Å². The van der Waals surface area contributed by atoms with Crippen LogP contribution in [0.25, 0.3) is 0 Å². The molecule has 0 bridgehead atoms. The Morgan fingerprint density at radius 3 is 2.41 bits per heavy atom. The average molecular weight is 247 g/mol. The molecule has 1 N–H and O–H groups in total. The molecular weight excluding hydrogens is 232 g/mol. The van der Waals surface area contributed by atoms with Crippen LogP contribution in [0.1, 0.15) is 22.7 Å². The van der Waals surface area contributed by atoms with Crippen molar-refractivity contribution in [2.24, 2.45) is 0 Å². The Morgan fingerprint density at radius 2 is 1.82 bits per heavy atom. The highest BCUT2D eigenvalue weighted by molar-refractivity contribution is 6.30. The molecule has 0 aliphatic heterocycles. The first-order valence-electron chi connectivity index (χ1n) is 5.55. The van der Waals surface area contributed by atoms with Crippen LogP contribution >= 0.6 is 11.6 Å². The number of pyridine rings is 1. The normalized spacial score (nSPS) is 12.4. The van der Waals surface area contributed by atoms with Crippen LogP contribution in [-0.4, -0.2) is 12.0 Å². The van der Waals surface area contributed by atoms with Crippen LogP contribution in [0.15, 0.2) is 42.7 Å². The second kappa shape index (κ2) is 5.30. The van der Waals surface area contributed by atoms with Gasteiger partial charge in [-0.25, -0.2) is 0 Å². The molecule has 0 aliphatic rings. The highest BCUT2D eigenvalue weighted by Crippen LogP contribution is 2.23. The molecule has 0 saturated carbocycles. The van der Waals surface area contributed by atoms with Gasteiger partial charge in [-0.15, -0.1) is 0 Å². The molecule has 0 radical (unpaired) electrons. The number of halogens is 1. The van der Waals surface area contributed by atoms with Crippen molar-refractivity contribution in [1.82, 2.24) is 10.3 Å². The topological polar surface area (TPSA) is 24.9 Å². The predicted molar refractivity (Wildman–Crippen MR) is 71.3 cm³/mol. The fraction of sp³-hybridized carbons (Fsp3) is 0.214. The van der Waals surface area contributed by atoms with Gasteiger partial charge in [-0.2, -0.15) is 0 Å². The molecule has 1 atom stereocenters. The van der Waals surface area contributed by atoms with Gasteiger partial charge in [0.15, 0.2) is 0 Å². The Labute approximate surface area is 107 Å². The van der Waals surface area contributed by atoms with Crippen LogP contribution in [0.2, 0.25) is 5.02 Å². The lowest BCUT2D eigenvalue weighted by atomic mass is 9.99. The third kappa shape index (κ3) is 2.84. The van der Waals surface area contributed by atoms with Gasteiger partial charge in [0.05, 0.1) is 6.04 Å². The summed E-state index contributed by atoms with van der Waals surface area (Å²) >= 11 is 5.90. The average Bonchev–Trinajstić information content (AvgIpc) is 2.33. The number of hydrogen-bond acceptors (Lipinski definition) is 2. The first-order chi connectivity index (χ1) is 8.20. The molecule has 0 spiro atoms. The van der Waals surface area contributed by atoms with Crippen molar-refractivity contribution in [3.05, 3.63) is 64.4 Å². The van der Waals surface area contributed by atoms with Crippen LogP contribution < -0.4 is 5.32 Å². The third-order valence-electron chi connectivity index (χ3n) is 2.72. The standard InChI is InChI=1S/C14H15ClN2/c1-10-7-12(9-17-8-10)14(16-2)11-3-5-13(15)6-4-11/h3-9,14,16H,1-2H3. The summed E-state index contributed by atoms with van der Waals surface area (Å²) in [7, 11) is 1.95. The van der Waals surface area contributed by atoms with Gasteiger partial charge in [0.2, 0.25) is 0 Å². The lowest BCUT2D eigenvalue weighted by Gasteiger charge is -2.17.